The molecule has 1 aliphatic rings. The quantitative estimate of drug-likeness (QED) is 0.775. The predicted molar refractivity (Wildman–Crippen MR) is 85.9 cm³/mol. The van der Waals surface area contributed by atoms with Crippen molar-refractivity contribution in [2.45, 2.75) is 40.2 Å². The van der Waals surface area contributed by atoms with E-state index in [0.29, 0.717) is 24.0 Å². The van der Waals surface area contributed by atoms with Gasteiger partial charge in [0.1, 0.15) is 12.4 Å². The van der Waals surface area contributed by atoms with Crippen LogP contribution >= 0.6 is 0 Å². The van der Waals surface area contributed by atoms with E-state index in [4.69, 9.17) is 4.74 Å². The summed E-state index contributed by atoms with van der Waals surface area (Å²) in [4.78, 5) is 14.1. The van der Waals surface area contributed by atoms with Gasteiger partial charge < -0.3 is 4.74 Å². The van der Waals surface area contributed by atoms with Gasteiger partial charge in [-0.1, -0.05) is 26.0 Å². The zero-order valence-electron chi connectivity index (χ0n) is 13.6. The van der Waals surface area contributed by atoms with E-state index in [1.165, 1.54) is 6.42 Å². The zero-order chi connectivity index (χ0) is 15.4. The fourth-order valence-corrected chi connectivity index (χ4v) is 3.28. The minimum absolute atomic E-state index is 0.0548. The number of nitrogens with zero attached hydrogens (tertiary/aromatic N) is 1. The average Bonchev–Trinajstić information content (AvgIpc) is 2.44. The SMILES string of the molecule is CC(=O)c1ccccc1OCCN1CC(C)CC(C)C1C. The number of rotatable bonds is 5. The Morgan fingerprint density at radius 2 is 2.00 bits per heavy atom. The maximum absolute atomic E-state index is 11.6. The maximum Gasteiger partial charge on any atom is 0.163 e. The van der Waals surface area contributed by atoms with E-state index in [-0.39, 0.29) is 5.78 Å². The smallest absolute Gasteiger partial charge is 0.163 e. The molecule has 3 nitrogen and oxygen atoms in total. The van der Waals surface area contributed by atoms with Crippen molar-refractivity contribution in [2.24, 2.45) is 11.8 Å². The first-order valence-electron chi connectivity index (χ1n) is 7.96. The number of hydrogen-bond acceptors (Lipinski definition) is 3. The summed E-state index contributed by atoms with van der Waals surface area (Å²) in [5, 5.41) is 0. The average molecular weight is 289 g/mol. The summed E-state index contributed by atoms with van der Waals surface area (Å²) >= 11 is 0. The van der Waals surface area contributed by atoms with Gasteiger partial charge in [0.05, 0.1) is 5.56 Å². The van der Waals surface area contributed by atoms with Crippen LogP contribution < -0.4 is 4.74 Å². The van der Waals surface area contributed by atoms with Crippen LogP contribution in [0.1, 0.15) is 44.5 Å². The highest BCUT2D eigenvalue weighted by molar-refractivity contribution is 5.96. The lowest BCUT2D eigenvalue weighted by atomic mass is 9.86. The second kappa shape index (κ2) is 7.08. The first-order chi connectivity index (χ1) is 9.99. The number of hydrogen-bond donors (Lipinski definition) is 0. The molecule has 0 bridgehead atoms. The molecule has 1 saturated heterocycles. The van der Waals surface area contributed by atoms with E-state index in [0.717, 1.165) is 24.9 Å². The molecule has 3 atom stereocenters. The number of ketones is 1. The molecule has 1 fully saturated rings. The van der Waals surface area contributed by atoms with Gasteiger partial charge in [-0.25, -0.2) is 0 Å². The molecule has 1 aliphatic heterocycles. The van der Waals surface area contributed by atoms with E-state index < -0.39 is 0 Å². The number of piperidine rings is 1. The van der Waals surface area contributed by atoms with Crippen molar-refractivity contribution >= 4 is 5.78 Å². The van der Waals surface area contributed by atoms with Gasteiger partial charge in [0.25, 0.3) is 0 Å². The summed E-state index contributed by atoms with van der Waals surface area (Å²) in [6.07, 6.45) is 1.31. The van der Waals surface area contributed by atoms with Crippen molar-refractivity contribution in [3.05, 3.63) is 29.8 Å². The van der Waals surface area contributed by atoms with Crippen LogP contribution in [0.5, 0.6) is 5.75 Å². The molecule has 0 spiro atoms. The van der Waals surface area contributed by atoms with Gasteiger partial charge >= 0.3 is 0 Å². The molecule has 0 aromatic heterocycles. The number of likely N-dealkylation sites (tertiary alicyclic amines) is 1. The molecule has 0 radical (unpaired) electrons. The highest BCUT2D eigenvalue weighted by Crippen LogP contribution is 2.26. The normalized spacial score (nSPS) is 26.6. The van der Waals surface area contributed by atoms with E-state index >= 15 is 0 Å². The fraction of sp³-hybridized carbons (Fsp3) is 0.611. The molecular weight excluding hydrogens is 262 g/mol. The van der Waals surface area contributed by atoms with Crippen molar-refractivity contribution in [3.63, 3.8) is 0 Å². The summed E-state index contributed by atoms with van der Waals surface area (Å²) in [6, 6.07) is 8.09. The Labute approximate surface area is 128 Å². The first kappa shape index (κ1) is 16.0. The molecule has 1 aromatic carbocycles. The standard InChI is InChI=1S/C18H27NO2/c1-13-11-14(2)15(3)19(12-13)9-10-21-18-8-6-5-7-17(18)16(4)20/h5-8,13-15H,9-12H2,1-4H3. The van der Waals surface area contributed by atoms with Gasteiger partial charge in [0.2, 0.25) is 0 Å². The van der Waals surface area contributed by atoms with Crippen LogP contribution in [0.15, 0.2) is 24.3 Å². The Kier molecular flexibility index (Phi) is 5.40. The second-order valence-electron chi connectivity index (χ2n) is 6.45. The monoisotopic (exact) mass is 289 g/mol. The number of benzene rings is 1. The summed E-state index contributed by atoms with van der Waals surface area (Å²) in [5.41, 5.74) is 0.672. The van der Waals surface area contributed by atoms with Gasteiger partial charge in [-0.3, -0.25) is 9.69 Å². The van der Waals surface area contributed by atoms with Crippen molar-refractivity contribution < 1.29 is 9.53 Å². The van der Waals surface area contributed by atoms with Crippen LogP contribution in [0.2, 0.25) is 0 Å². The van der Waals surface area contributed by atoms with Crippen LogP contribution in [0.25, 0.3) is 0 Å². The highest BCUT2D eigenvalue weighted by atomic mass is 16.5. The van der Waals surface area contributed by atoms with Crippen LogP contribution in [0.4, 0.5) is 0 Å². The van der Waals surface area contributed by atoms with Gasteiger partial charge in [-0.2, -0.15) is 0 Å². The Morgan fingerprint density at radius 3 is 2.71 bits per heavy atom. The van der Waals surface area contributed by atoms with Crippen molar-refractivity contribution in [1.82, 2.24) is 4.90 Å². The minimum Gasteiger partial charge on any atom is -0.491 e. The molecular formula is C18H27NO2. The molecule has 0 saturated carbocycles. The number of carbonyl (C=O) groups excluding carboxylic acids is 1. The van der Waals surface area contributed by atoms with Crippen molar-refractivity contribution in [1.29, 1.82) is 0 Å². The van der Waals surface area contributed by atoms with E-state index in [2.05, 4.69) is 25.7 Å². The molecule has 0 amide bonds. The Bertz CT molecular complexity index is 486. The summed E-state index contributed by atoms with van der Waals surface area (Å²) in [5.74, 6) is 2.24. The second-order valence-corrected chi connectivity index (χ2v) is 6.45. The van der Waals surface area contributed by atoms with Crippen LogP contribution in [-0.4, -0.2) is 36.4 Å². The first-order valence-corrected chi connectivity index (χ1v) is 7.96. The molecule has 21 heavy (non-hydrogen) atoms. The largest absolute Gasteiger partial charge is 0.491 e. The lowest BCUT2D eigenvalue weighted by molar-refractivity contribution is 0.0663. The lowest BCUT2D eigenvalue weighted by Crippen LogP contribution is -2.47. The third-order valence-electron chi connectivity index (χ3n) is 4.62. The van der Waals surface area contributed by atoms with E-state index in [9.17, 15) is 4.79 Å². The summed E-state index contributed by atoms with van der Waals surface area (Å²) in [7, 11) is 0. The Balaban J connectivity index is 1.91. The third kappa shape index (κ3) is 4.07. The third-order valence-corrected chi connectivity index (χ3v) is 4.62. The zero-order valence-corrected chi connectivity index (χ0v) is 13.6. The van der Waals surface area contributed by atoms with Gasteiger partial charge in [-0.15, -0.1) is 0 Å². The predicted octanol–water partition coefficient (Wildman–Crippen LogP) is 3.63. The highest BCUT2D eigenvalue weighted by Gasteiger charge is 2.28. The van der Waals surface area contributed by atoms with Gasteiger partial charge in [0, 0.05) is 19.1 Å². The Morgan fingerprint density at radius 1 is 1.29 bits per heavy atom. The summed E-state index contributed by atoms with van der Waals surface area (Å²) in [6.45, 7) is 11.2. The number of Topliss-reactive ketones (excluding diaryl/α,β-unsaturated/α-hetero) is 1. The molecule has 0 aliphatic carbocycles. The lowest BCUT2D eigenvalue weighted by Gasteiger charge is -2.41. The van der Waals surface area contributed by atoms with Crippen molar-refractivity contribution in [2.75, 3.05) is 19.7 Å². The van der Waals surface area contributed by atoms with Crippen LogP contribution in [0.3, 0.4) is 0 Å². The molecule has 2 rings (SSSR count). The minimum atomic E-state index is 0.0548. The molecule has 1 heterocycles. The molecule has 3 heteroatoms. The van der Waals surface area contributed by atoms with Crippen LogP contribution in [0, 0.1) is 11.8 Å². The van der Waals surface area contributed by atoms with Gasteiger partial charge in [-0.05, 0) is 44.2 Å². The van der Waals surface area contributed by atoms with E-state index in [1.807, 2.05) is 24.3 Å². The molecule has 0 N–H and O–H groups in total. The number of ether oxygens (including phenoxy) is 1. The van der Waals surface area contributed by atoms with Crippen LogP contribution in [-0.2, 0) is 0 Å². The summed E-state index contributed by atoms with van der Waals surface area (Å²) < 4.78 is 5.86. The maximum atomic E-state index is 11.6. The Hall–Kier alpha value is -1.35. The van der Waals surface area contributed by atoms with Crippen molar-refractivity contribution in [3.8, 4) is 5.75 Å². The van der Waals surface area contributed by atoms with E-state index in [1.54, 1.807) is 6.92 Å². The van der Waals surface area contributed by atoms with Gasteiger partial charge in [0.15, 0.2) is 5.78 Å². The fourth-order valence-electron chi connectivity index (χ4n) is 3.28. The number of para-hydroxylation sites is 1. The molecule has 1 aromatic rings. The topological polar surface area (TPSA) is 29.5 Å². The number of carbonyl (C=O) groups is 1. The molecule has 116 valence electrons. The molecule has 3 unspecified atom stereocenters.